The smallest absolute Gasteiger partial charge is 0.123 e. The van der Waals surface area contributed by atoms with Crippen LogP contribution in [0.4, 0.5) is 10.1 Å². The third kappa shape index (κ3) is 5.57. The van der Waals surface area contributed by atoms with E-state index in [4.69, 9.17) is 4.74 Å². The fourth-order valence-corrected chi connectivity index (χ4v) is 2.41. The largest absolute Gasteiger partial charge is 0.497 e. The summed E-state index contributed by atoms with van der Waals surface area (Å²) < 4.78 is 17.3. The molecule has 0 saturated carbocycles. The lowest BCUT2D eigenvalue weighted by molar-refractivity contribution is 0.312. The maximum Gasteiger partial charge on any atom is 0.123 e. The number of nitrogens with zero attached hydrogens (tertiary/aromatic N) is 2. The molecule has 1 heterocycles. The fraction of sp³-hybridized carbons (Fsp3) is 0.368. The topological polar surface area (TPSA) is 15.7 Å². The third-order valence-corrected chi connectivity index (χ3v) is 3.93. The van der Waals surface area contributed by atoms with E-state index in [0.29, 0.717) is 0 Å². The molecule has 0 aromatic heterocycles. The molecule has 0 amide bonds. The molecule has 0 aliphatic carbocycles. The zero-order chi connectivity index (χ0) is 16.7. The highest BCUT2D eigenvalue weighted by Crippen LogP contribution is 2.21. The van der Waals surface area contributed by atoms with Gasteiger partial charge in [0.25, 0.3) is 0 Å². The number of likely N-dealkylation sites (N-methyl/N-ethyl adjacent to an activating group) is 1. The number of aryl methyl sites for hydroxylation is 1. The van der Waals surface area contributed by atoms with Crippen LogP contribution in [0.25, 0.3) is 0 Å². The molecule has 1 aliphatic heterocycles. The molecule has 2 aromatic carbocycles. The number of ether oxygens (including phenoxy) is 1. The van der Waals surface area contributed by atoms with Crippen molar-refractivity contribution >= 4 is 5.69 Å². The van der Waals surface area contributed by atoms with E-state index in [1.165, 1.54) is 17.8 Å². The molecule has 3 nitrogen and oxygen atoms in total. The van der Waals surface area contributed by atoms with Gasteiger partial charge in [-0.25, -0.2) is 4.39 Å². The van der Waals surface area contributed by atoms with Crippen LogP contribution in [0.3, 0.4) is 0 Å². The summed E-state index contributed by atoms with van der Waals surface area (Å²) in [6, 6.07) is 14.7. The Labute approximate surface area is 138 Å². The summed E-state index contributed by atoms with van der Waals surface area (Å²) in [5, 5.41) is 0. The monoisotopic (exact) mass is 316 g/mol. The summed E-state index contributed by atoms with van der Waals surface area (Å²) in [6.45, 7) is 6.40. The van der Waals surface area contributed by atoms with Crippen LogP contribution in [0, 0.1) is 12.7 Å². The average molecular weight is 316 g/mol. The third-order valence-electron chi connectivity index (χ3n) is 3.93. The summed E-state index contributed by atoms with van der Waals surface area (Å²) in [4.78, 5) is 4.76. The van der Waals surface area contributed by atoms with E-state index >= 15 is 0 Å². The van der Waals surface area contributed by atoms with Crippen molar-refractivity contribution < 1.29 is 9.13 Å². The second-order valence-electron chi connectivity index (χ2n) is 5.79. The molecule has 3 rings (SSSR count). The van der Waals surface area contributed by atoms with Crippen molar-refractivity contribution in [2.24, 2.45) is 0 Å². The van der Waals surface area contributed by atoms with Gasteiger partial charge in [-0.1, -0.05) is 23.8 Å². The first kappa shape index (κ1) is 17.3. The van der Waals surface area contributed by atoms with E-state index in [9.17, 15) is 4.39 Å². The summed E-state index contributed by atoms with van der Waals surface area (Å²) >= 11 is 0. The predicted octanol–water partition coefficient (Wildman–Crippen LogP) is 3.58. The molecule has 0 unspecified atom stereocenters. The van der Waals surface area contributed by atoms with Crippen molar-refractivity contribution in [1.82, 2.24) is 4.90 Å². The molecule has 0 spiro atoms. The van der Waals surface area contributed by atoms with Crippen molar-refractivity contribution in [3.05, 3.63) is 59.9 Å². The van der Waals surface area contributed by atoms with Crippen LogP contribution in [0.1, 0.15) is 5.56 Å². The average Bonchev–Trinajstić information content (AvgIpc) is 2.59. The van der Waals surface area contributed by atoms with E-state index in [1.54, 1.807) is 19.2 Å². The molecule has 0 N–H and O–H groups in total. The summed E-state index contributed by atoms with van der Waals surface area (Å²) in [7, 11) is 3.88. The van der Waals surface area contributed by atoms with E-state index in [2.05, 4.69) is 29.0 Å². The van der Waals surface area contributed by atoms with Gasteiger partial charge in [0.15, 0.2) is 0 Å². The Bertz CT molecular complexity index is 572. The molecule has 0 radical (unpaired) electrons. The highest BCUT2D eigenvalue weighted by atomic mass is 19.1. The number of anilines is 1. The SMILES string of the molecule is COc1cccc(N2CCN(C)CC2)c1.Cc1ccc(F)cc1. The number of methoxy groups -OCH3 is 1. The van der Waals surface area contributed by atoms with Crippen LogP contribution >= 0.6 is 0 Å². The number of hydrogen-bond acceptors (Lipinski definition) is 3. The molecular formula is C19H25FN2O. The molecular weight excluding hydrogens is 291 g/mol. The van der Waals surface area contributed by atoms with E-state index < -0.39 is 0 Å². The highest BCUT2D eigenvalue weighted by molar-refractivity contribution is 5.51. The molecule has 0 atom stereocenters. The van der Waals surface area contributed by atoms with Gasteiger partial charge in [0.2, 0.25) is 0 Å². The van der Waals surface area contributed by atoms with Gasteiger partial charge in [-0.3, -0.25) is 0 Å². The zero-order valence-corrected chi connectivity index (χ0v) is 14.1. The van der Waals surface area contributed by atoms with Gasteiger partial charge < -0.3 is 14.5 Å². The Morgan fingerprint density at radius 3 is 2.17 bits per heavy atom. The molecule has 2 aromatic rings. The first-order chi connectivity index (χ1) is 11.1. The number of halogens is 1. The van der Waals surface area contributed by atoms with Crippen LogP contribution in [-0.4, -0.2) is 45.2 Å². The number of piperazine rings is 1. The predicted molar refractivity (Wildman–Crippen MR) is 93.8 cm³/mol. The zero-order valence-electron chi connectivity index (χ0n) is 14.1. The van der Waals surface area contributed by atoms with E-state index in [1.807, 2.05) is 19.1 Å². The number of benzene rings is 2. The van der Waals surface area contributed by atoms with Crippen LogP contribution < -0.4 is 9.64 Å². The Kier molecular flexibility index (Phi) is 6.41. The van der Waals surface area contributed by atoms with Gasteiger partial charge >= 0.3 is 0 Å². The van der Waals surface area contributed by atoms with Crippen molar-refractivity contribution in [2.45, 2.75) is 6.92 Å². The van der Waals surface area contributed by atoms with Gasteiger partial charge in [-0.15, -0.1) is 0 Å². The molecule has 1 saturated heterocycles. The lowest BCUT2D eigenvalue weighted by Gasteiger charge is -2.34. The van der Waals surface area contributed by atoms with Gasteiger partial charge in [0.05, 0.1) is 7.11 Å². The number of rotatable bonds is 2. The van der Waals surface area contributed by atoms with Gasteiger partial charge in [0, 0.05) is 37.9 Å². The molecule has 0 bridgehead atoms. The van der Waals surface area contributed by atoms with Gasteiger partial charge in [-0.2, -0.15) is 0 Å². The van der Waals surface area contributed by atoms with Crippen LogP contribution in [0.2, 0.25) is 0 Å². The molecule has 4 heteroatoms. The minimum atomic E-state index is -0.171. The molecule has 124 valence electrons. The maximum atomic E-state index is 12.1. The quantitative estimate of drug-likeness (QED) is 0.842. The standard InChI is InChI=1S/C12H18N2O.C7H7F/c1-13-6-8-14(9-7-13)11-4-3-5-12(10-11)15-2;1-6-2-4-7(8)5-3-6/h3-5,10H,6-9H2,1-2H3;2-5H,1H3. The first-order valence-corrected chi connectivity index (χ1v) is 7.88. The Hall–Kier alpha value is -2.07. The first-order valence-electron chi connectivity index (χ1n) is 7.88. The summed E-state index contributed by atoms with van der Waals surface area (Å²) in [5.41, 5.74) is 2.36. The second-order valence-corrected chi connectivity index (χ2v) is 5.79. The molecule has 23 heavy (non-hydrogen) atoms. The lowest BCUT2D eigenvalue weighted by atomic mass is 10.2. The maximum absolute atomic E-state index is 12.1. The Morgan fingerprint density at radius 1 is 0.957 bits per heavy atom. The van der Waals surface area contributed by atoms with Crippen LogP contribution in [0.5, 0.6) is 5.75 Å². The van der Waals surface area contributed by atoms with Crippen molar-refractivity contribution in [3.63, 3.8) is 0 Å². The van der Waals surface area contributed by atoms with E-state index in [-0.39, 0.29) is 5.82 Å². The minimum absolute atomic E-state index is 0.171. The Balaban J connectivity index is 0.000000203. The lowest BCUT2D eigenvalue weighted by Crippen LogP contribution is -2.44. The summed E-state index contributed by atoms with van der Waals surface area (Å²) in [5.74, 6) is 0.766. The van der Waals surface area contributed by atoms with Crippen LogP contribution in [0.15, 0.2) is 48.5 Å². The molecule has 1 aliphatic rings. The van der Waals surface area contributed by atoms with Gasteiger partial charge in [0.1, 0.15) is 11.6 Å². The number of hydrogen-bond donors (Lipinski definition) is 0. The van der Waals surface area contributed by atoms with Crippen molar-refractivity contribution in [1.29, 1.82) is 0 Å². The highest BCUT2D eigenvalue weighted by Gasteiger charge is 2.14. The molecule has 1 fully saturated rings. The Morgan fingerprint density at radius 2 is 1.61 bits per heavy atom. The van der Waals surface area contributed by atoms with Crippen molar-refractivity contribution in [2.75, 3.05) is 45.2 Å². The fourth-order valence-electron chi connectivity index (χ4n) is 2.41. The van der Waals surface area contributed by atoms with Crippen molar-refractivity contribution in [3.8, 4) is 5.75 Å². The normalized spacial score (nSPS) is 14.9. The summed E-state index contributed by atoms with van der Waals surface area (Å²) in [6.07, 6.45) is 0. The van der Waals surface area contributed by atoms with Gasteiger partial charge in [-0.05, 0) is 38.2 Å². The van der Waals surface area contributed by atoms with Crippen LogP contribution in [-0.2, 0) is 0 Å². The second kappa shape index (κ2) is 8.53. The minimum Gasteiger partial charge on any atom is -0.497 e. The van der Waals surface area contributed by atoms with E-state index in [0.717, 1.165) is 37.5 Å².